The molecule has 1 aromatic rings. The number of hydrogen-bond donors (Lipinski definition) is 1. The van der Waals surface area contributed by atoms with E-state index in [4.69, 9.17) is 10.5 Å². The standard InChI is InChI=1S/C15H21FN2O/c1-10-2-3-11(16)8-13(10)15-14(9-17)19-7-6-18(15)12-4-5-12/h2-3,8,12,14-15H,4-7,9,17H2,1H3. The van der Waals surface area contributed by atoms with E-state index in [0.717, 1.165) is 24.3 Å². The lowest BCUT2D eigenvalue weighted by molar-refractivity contribution is -0.0715. The van der Waals surface area contributed by atoms with Gasteiger partial charge in [-0.1, -0.05) is 6.07 Å². The van der Waals surface area contributed by atoms with Crippen LogP contribution >= 0.6 is 0 Å². The van der Waals surface area contributed by atoms with E-state index in [1.165, 1.54) is 18.9 Å². The van der Waals surface area contributed by atoms with Crippen LogP contribution in [0.2, 0.25) is 0 Å². The molecule has 1 saturated heterocycles. The molecule has 1 heterocycles. The van der Waals surface area contributed by atoms with E-state index in [-0.39, 0.29) is 18.0 Å². The predicted molar refractivity (Wildman–Crippen MR) is 72.4 cm³/mol. The molecule has 104 valence electrons. The van der Waals surface area contributed by atoms with Crippen molar-refractivity contribution >= 4 is 0 Å². The topological polar surface area (TPSA) is 38.5 Å². The van der Waals surface area contributed by atoms with Gasteiger partial charge in [0.25, 0.3) is 0 Å². The third-order valence-electron chi connectivity index (χ3n) is 4.20. The third kappa shape index (κ3) is 2.53. The van der Waals surface area contributed by atoms with Crippen LogP contribution in [0.1, 0.15) is 30.0 Å². The second kappa shape index (κ2) is 5.19. The van der Waals surface area contributed by atoms with Gasteiger partial charge in [-0.2, -0.15) is 0 Å². The molecule has 3 nitrogen and oxygen atoms in total. The van der Waals surface area contributed by atoms with Crippen molar-refractivity contribution in [2.45, 2.75) is 38.0 Å². The highest BCUT2D eigenvalue weighted by molar-refractivity contribution is 5.31. The van der Waals surface area contributed by atoms with Crippen molar-refractivity contribution in [1.82, 2.24) is 4.90 Å². The Morgan fingerprint density at radius 2 is 2.21 bits per heavy atom. The molecule has 1 saturated carbocycles. The van der Waals surface area contributed by atoms with Crippen molar-refractivity contribution in [3.05, 3.63) is 35.1 Å². The molecule has 4 heteroatoms. The van der Waals surface area contributed by atoms with Crippen LogP contribution in [-0.4, -0.2) is 36.7 Å². The summed E-state index contributed by atoms with van der Waals surface area (Å²) in [5, 5.41) is 0. The van der Waals surface area contributed by atoms with Crippen molar-refractivity contribution in [2.24, 2.45) is 5.73 Å². The van der Waals surface area contributed by atoms with Crippen LogP contribution in [0.15, 0.2) is 18.2 Å². The number of hydrogen-bond acceptors (Lipinski definition) is 3. The van der Waals surface area contributed by atoms with Crippen LogP contribution in [-0.2, 0) is 4.74 Å². The Morgan fingerprint density at radius 1 is 1.42 bits per heavy atom. The second-order valence-electron chi connectivity index (χ2n) is 5.56. The largest absolute Gasteiger partial charge is 0.374 e. The van der Waals surface area contributed by atoms with Gasteiger partial charge in [-0.3, -0.25) is 4.90 Å². The van der Waals surface area contributed by atoms with Gasteiger partial charge in [-0.25, -0.2) is 4.39 Å². The molecule has 1 aliphatic carbocycles. The van der Waals surface area contributed by atoms with Crippen LogP contribution in [0.25, 0.3) is 0 Å². The van der Waals surface area contributed by atoms with Crippen LogP contribution in [0.3, 0.4) is 0 Å². The summed E-state index contributed by atoms with van der Waals surface area (Å²) < 4.78 is 19.4. The van der Waals surface area contributed by atoms with E-state index in [1.807, 2.05) is 13.0 Å². The van der Waals surface area contributed by atoms with Crippen molar-refractivity contribution in [2.75, 3.05) is 19.7 Å². The zero-order chi connectivity index (χ0) is 13.4. The molecule has 0 spiro atoms. The quantitative estimate of drug-likeness (QED) is 0.907. The summed E-state index contributed by atoms with van der Waals surface area (Å²) in [7, 11) is 0. The van der Waals surface area contributed by atoms with Gasteiger partial charge >= 0.3 is 0 Å². The molecule has 0 radical (unpaired) electrons. The maximum atomic E-state index is 13.6. The molecule has 0 amide bonds. The van der Waals surface area contributed by atoms with Gasteiger partial charge in [-0.15, -0.1) is 0 Å². The first-order valence-electron chi connectivity index (χ1n) is 7.04. The van der Waals surface area contributed by atoms with Gasteiger partial charge in [0.05, 0.1) is 18.8 Å². The molecule has 2 unspecified atom stereocenters. The molecule has 2 N–H and O–H groups in total. The minimum atomic E-state index is -0.183. The van der Waals surface area contributed by atoms with E-state index in [0.29, 0.717) is 12.6 Å². The minimum Gasteiger partial charge on any atom is -0.374 e. The van der Waals surface area contributed by atoms with Gasteiger partial charge < -0.3 is 10.5 Å². The smallest absolute Gasteiger partial charge is 0.123 e. The fourth-order valence-corrected chi connectivity index (χ4v) is 3.08. The summed E-state index contributed by atoms with van der Waals surface area (Å²) >= 11 is 0. The third-order valence-corrected chi connectivity index (χ3v) is 4.20. The Kier molecular flexibility index (Phi) is 3.56. The average Bonchev–Trinajstić information content (AvgIpc) is 3.25. The van der Waals surface area contributed by atoms with E-state index < -0.39 is 0 Å². The Bertz CT molecular complexity index is 461. The number of nitrogens with two attached hydrogens (primary N) is 1. The highest BCUT2D eigenvalue weighted by atomic mass is 19.1. The zero-order valence-corrected chi connectivity index (χ0v) is 11.3. The van der Waals surface area contributed by atoms with Crippen LogP contribution in [0, 0.1) is 12.7 Å². The van der Waals surface area contributed by atoms with Gasteiger partial charge in [0, 0.05) is 19.1 Å². The maximum absolute atomic E-state index is 13.6. The molecule has 2 fully saturated rings. The number of halogens is 1. The summed E-state index contributed by atoms with van der Waals surface area (Å²) in [4.78, 5) is 2.46. The molecule has 2 aliphatic rings. The summed E-state index contributed by atoms with van der Waals surface area (Å²) in [6.45, 7) is 4.15. The van der Waals surface area contributed by atoms with Crippen molar-refractivity contribution < 1.29 is 9.13 Å². The van der Waals surface area contributed by atoms with E-state index >= 15 is 0 Å². The molecular weight excluding hydrogens is 243 g/mol. The monoisotopic (exact) mass is 264 g/mol. The lowest BCUT2D eigenvalue weighted by atomic mass is 9.93. The van der Waals surface area contributed by atoms with E-state index in [9.17, 15) is 4.39 Å². The number of morpholine rings is 1. The molecule has 1 aliphatic heterocycles. The lowest BCUT2D eigenvalue weighted by Gasteiger charge is -2.42. The minimum absolute atomic E-state index is 0.0325. The molecule has 1 aromatic carbocycles. The van der Waals surface area contributed by atoms with Gasteiger partial charge in [0.1, 0.15) is 5.82 Å². The van der Waals surface area contributed by atoms with Gasteiger partial charge in [0.2, 0.25) is 0 Å². The van der Waals surface area contributed by atoms with Crippen LogP contribution < -0.4 is 5.73 Å². The SMILES string of the molecule is Cc1ccc(F)cc1C1C(CN)OCCN1C1CC1. The fourth-order valence-electron chi connectivity index (χ4n) is 3.08. The Hall–Kier alpha value is -0.970. The van der Waals surface area contributed by atoms with Crippen molar-refractivity contribution in [1.29, 1.82) is 0 Å². The number of ether oxygens (including phenoxy) is 1. The molecule has 3 rings (SSSR count). The Balaban J connectivity index is 1.97. The summed E-state index contributed by atoms with van der Waals surface area (Å²) in [5.41, 5.74) is 8.00. The summed E-state index contributed by atoms with van der Waals surface area (Å²) in [5.74, 6) is -0.183. The molecule has 0 aromatic heterocycles. The van der Waals surface area contributed by atoms with Crippen LogP contribution in [0.4, 0.5) is 4.39 Å². The zero-order valence-electron chi connectivity index (χ0n) is 11.3. The van der Waals surface area contributed by atoms with Gasteiger partial charge in [0.15, 0.2) is 0 Å². The average molecular weight is 264 g/mol. The number of rotatable bonds is 3. The molecule has 19 heavy (non-hydrogen) atoms. The summed E-state index contributed by atoms with van der Waals surface area (Å²) in [6, 6.07) is 5.74. The summed E-state index contributed by atoms with van der Waals surface area (Å²) in [6.07, 6.45) is 2.44. The number of nitrogens with zero attached hydrogens (tertiary/aromatic N) is 1. The van der Waals surface area contributed by atoms with Crippen LogP contribution in [0.5, 0.6) is 0 Å². The number of aryl methyl sites for hydroxylation is 1. The maximum Gasteiger partial charge on any atom is 0.123 e. The first-order chi connectivity index (χ1) is 9.20. The number of benzene rings is 1. The van der Waals surface area contributed by atoms with Gasteiger partial charge in [-0.05, 0) is 43.0 Å². The highest BCUT2D eigenvalue weighted by Gasteiger charge is 2.41. The first kappa shape index (κ1) is 13.0. The van der Waals surface area contributed by atoms with Crippen molar-refractivity contribution in [3.8, 4) is 0 Å². The first-order valence-corrected chi connectivity index (χ1v) is 7.04. The Labute approximate surface area is 113 Å². The van der Waals surface area contributed by atoms with E-state index in [2.05, 4.69) is 4.90 Å². The predicted octanol–water partition coefficient (Wildman–Crippen LogP) is 2.00. The van der Waals surface area contributed by atoms with Crippen molar-refractivity contribution in [3.63, 3.8) is 0 Å². The second-order valence-corrected chi connectivity index (χ2v) is 5.56. The highest BCUT2D eigenvalue weighted by Crippen LogP contribution is 2.39. The van der Waals surface area contributed by atoms with E-state index in [1.54, 1.807) is 6.07 Å². The lowest BCUT2D eigenvalue weighted by Crippen LogP contribution is -2.49. The molecule has 2 atom stereocenters. The molecule has 0 bridgehead atoms. The Morgan fingerprint density at radius 3 is 2.89 bits per heavy atom. The fraction of sp³-hybridized carbons (Fsp3) is 0.600. The normalized spacial score (nSPS) is 28.6. The molecular formula is C15H21FN2O.